The summed E-state index contributed by atoms with van der Waals surface area (Å²) in [5, 5.41) is 11.9. The van der Waals surface area contributed by atoms with Crippen molar-refractivity contribution in [2.45, 2.75) is 38.1 Å². The molecule has 2 aromatic rings. The maximum Gasteiger partial charge on any atom is 0.122 e. The number of aliphatic hydroxyl groups excluding tert-OH is 1. The molecule has 0 radical (unpaired) electrons. The molecule has 1 aromatic heterocycles. The molecule has 22 heavy (non-hydrogen) atoms. The summed E-state index contributed by atoms with van der Waals surface area (Å²) in [6.07, 6.45) is -0.0109. The summed E-state index contributed by atoms with van der Waals surface area (Å²) in [6.45, 7) is 4.63. The fraction of sp³-hybridized carbons (Fsp3) is 0.438. The second-order valence-corrected chi connectivity index (χ2v) is 7.32. The molecule has 0 saturated heterocycles. The van der Waals surface area contributed by atoms with Crippen molar-refractivity contribution in [1.29, 1.82) is 0 Å². The van der Waals surface area contributed by atoms with Crippen molar-refractivity contribution in [2.75, 3.05) is 6.61 Å². The molecule has 2 rings (SSSR count). The number of aliphatic hydroxyl groups is 1. The third-order valence-electron chi connectivity index (χ3n) is 3.18. The highest BCUT2D eigenvalue weighted by atomic mass is 32.2. The van der Waals surface area contributed by atoms with Gasteiger partial charge >= 0.3 is 0 Å². The Balaban J connectivity index is 1.91. The van der Waals surface area contributed by atoms with Crippen molar-refractivity contribution in [3.63, 3.8) is 0 Å². The Morgan fingerprint density at radius 2 is 1.95 bits per heavy atom. The second kappa shape index (κ2) is 8.53. The first-order chi connectivity index (χ1) is 10.6. The maximum absolute atomic E-state index is 12.2. The van der Waals surface area contributed by atoms with Crippen LogP contribution in [0.5, 0.6) is 0 Å². The van der Waals surface area contributed by atoms with Gasteiger partial charge in [0.05, 0.1) is 18.1 Å². The molecule has 0 aliphatic heterocycles. The van der Waals surface area contributed by atoms with Gasteiger partial charge in [0.15, 0.2) is 0 Å². The second-order valence-electron chi connectivity index (χ2n) is 4.98. The first-order valence-corrected chi connectivity index (χ1v) is 9.58. The summed E-state index contributed by atoms with van der Waals surface area (Å²) < 4.78 is 17.8. The zero-order valence-electron chi connectivity index (χ0n) is 12.8. The van der Waals surface area contributed by atoms with E-state index in [9.17, 15) is 4.21 Å². The fourth-order valence-corrected chi connectivity index (χ4v) is 4.11. The number of aromatic nitrogens is 1. The molecule has 1 heterocycles. The van der Waals surface area contributed by atoms with Crippen molar-refractivity contribution in [1.82, 2.24) is 4.98 Å². The molecule has 2 unspecified atom stereocenters. The maximum atomic E-state index is 12.2. The van der Waals surface area contributed by atoms with Crippen LogP contribution < -0.4 is 0 Å². The zero-order chi connectivity index (χ0) is 15.9. The minimum absolute atomic E-state index is 0.0109. The van der Waals surface area contributed by atoms with Gasteiger partial charge in [-0.15, -0.1) is 11.3 Å². The molecule has 0 aliphatic rings. The van der Waals surface area contributed by atoms with Crippen molar-refractivity contribution in [3.05, 3.63) is 51.5 Å². The van der Waals surface area contributed by atoms with Crippen LogP contribution >= 0.6 is 11.3 Å². The molecule has 120 valence electrons. The van der Waals surface area contributed by atoms with Crippen LogP contribution in [0, 0.1) is 0 Å². The van der Waals surface area contributed by atoms with E-state index in [-0.39, 0.29) is 12.7 Å². The molecule has 6 heteroatoms. The molecule has 0 bridgehead atoms. The Morgan fingerprint density at radius 1 is 1.27 bits per heavy atom. The molecular weight excluding hydrogens is 318 g/mol. The van der Waals surface area contributed by atoms with Crippen LogP contribution in [-0.2, 0) is 33.6 Å². The predicted molar refractivity (Wildman–Crippen MR) is 90.1 cm³/mol. The Kier molecular flexibility index (Phi) is 6.70. The highest BCUT2D eigenvalue weighted by Crippen LogP contribution is 2.22. The Morgan fingerprint density at radius 3 is 2.59 bits per heavy atom. The van der Waals surface area contributed by atoms with E-state index in [1.54, 1.807) is 11.3 Å². The topological polar surface area (TPSA) is 59.4 Å². The molecule has 2 atom stereocenters. The van der Waals surface area contributed by atoms with Crippen molar-refractivity contribution in [3.8, 4) is 0 Å². The van der Waals surface area contributed by atoms with Crippen LogP contribution in [0.25, 0.3) is 0 Å². The lowest BCUT2D eigenvalue weighted by Gasteiger charge is -2.07. The molecular formula is C16H21NO3S2. The molecule has 0 spiro atoms. The molecule has 0 aliphatic carbocycles. The van der Waals surface area contributed by atoms with Crippen LogP contribution in [0.4, 0.5) is 0 Å². The van der Waals surface area contributed by atoms with E-state index in [0.717, 1.165) is 21.8 Å². The Hall–Kier alpha value is -1.08. The van der Waals surface area contributed by atoms with Crippen LogP contribution in [0.1, 0.15) is 41.8 Å². The average Bonchev–Trinajstić information content (AvgIpc) is 2.96. The summed E-state index contributed by atoms with van der Waals surface area (Å²) in [4.78, 5) is 4.51. The van der Waals surface area contributed by atoms with Gasteiger partial charge in [-0.2, -0.15) is 0 Å². The number of benzene rings is 1. The number of hydrogen-bond donors (Lipinski definition) is 1. The summed E-state index contributed by atoms with van der Waals surface area (Å²) >= 11 is 1.55. The number of ether oxygens (including phenoxy) is 1. The van der Waals surface area contributed by atoms with E-state index in [1.165, 1.54) is 0 Å². The van der Waals surface area contributed by atoms with Gasteiger partial charge in [0, 0.05) is 28.5 Å². The van der Waals surface area contributed by atoms with E-state index in [2.05, 4.69) is 4.98 Å². The number of nitrogens with zero attached hydrogens (tertiary/aromatic N) is 1. The van der Waals surface area contributed by atoms with Gasteiger partial charge in [-0.05, 0) is 25.0 Å². The molecule has 0 amide bonds. The van der Waals surface area contributed by atoms with Gasteiger partial charge in [-0.25, -0.2) is 4.98 Å². The van der Waals surface area contributed by atoms with Crippen LogP contribution in [0.3, 0.4) is 0 Å². The molecule has 0 fully saturated rings. The monoisotopic (exact) mass is 339 g/mol. The summed E-state index contributed by atoms with van der Waals surface area (Å²) in [7, 11) is -0.993. The molecule has 1 aromatic carbocycles. The number of rotatable bonds is 8. The Bertz CT molecular complexity index is 610. The highest BCUT2D eigenvalue weighted by Gasteiger charge is 2.12. The third-order valence-corrected chi connectivity index (χ3v) is 5.50. The van der Waals surface area contributed by atoms with E-state index >= 15 is 0 Å². The smallest absolute Gasteiger partial charge is 0.122 e. The van der Waals surface area contributed by atoms with Gasteiger partial charge in [-0.3, -0.25) is 4.21 Å². The van der Waals surface area contributed by atoms with Crippen molar-refractivity contribution >= 4 is 22.1 Å². The standard InChI is InChI=1S/C16H21NO3S2/c1-3-20-12(2)16-17-15(9-21-16)11-22(19)10-14-6-4-13(8-18)5-7-14/h4-7,9,12,18H,3,8,10-11H2,1-2H3. The van der Waals surface area contributed by atoms with Crippen LogP contribution in [0.15, 0.2) is 29.6 Å². The lowest BCUT2D eigenvalue weighted by molar-refractivity contribution is 0.0761. The summed E-state index contributed by atoms with van der Waals surface area (Å²) in [5.74, 6) is 0.955. The number of thiazole rings is 1. The normalized spacial score (nSPS) is 14.0. The minimum atomic E-state index is -0.993. The first-order valence-electron chi connectivity index (χ1n) is 7.22. The quantitative estimate of drug-likeness (QED) is 0.802. The van der Waals surface area contributed by atoms with Crippen molar-refractivity contribution < 1.29 is 14.1 Å². The van der Waals surface area contributed by atoms with Crippen molar-refractivity contribution in [2.24, 2.45) is 0 Å². The highest BCUT2D eigenvalue weighted by molar-refractivity contribution is 7.83. The van der Waals surface area contributed by atoms with Crippen LogP contribution in [0.2, 0.25) is 0 Å². The van der Waals surface area contributed by atoms with Crippen LogP contribution in [-0.4, -0.2) is 20.9 Å². The number of hydrogen-bond acceptors (Lipinski definition) is 5. The van der Waals surface area contributed by atoms with E-state index in [4.69, 9.17) is 9.84 Å². The van der Waals surface area contributed by atoms with E-state index in [1.807, 2.05) is 43.5 Å². The third kappa shape index (κ3) is 4.98. The minimum Gasteiger partial charge on any atom is -0.392 e. The molecule has 0 saturated carbocycles. The summed E-state index contributed by atoms with van der Waals surface area (Å²) in [6, 6.07) is 7.54. The van der Waals surface area contributed by atoms with Gasteiger partial charge in [0.2, 0.25) is 0 Å². The molecule has 1 N–H and O–H groups in total. The predicted octanol–water partition coefficient (Wildman–Crippen LogP) is 3.18. The van der Waals surface area contributed by atoms with E-state index < -0.39 is 10.8 Å². The largest absolute Gasteiger partial charge is 0.392 e. The van der Waals surface area contributed by atoms with Gasteiger partial charge in [0.1, 0.15) is 11.1 Å². The molecule has 4 nitrogen and oxygen atoms in total. The van der Waals surface area contributed by atoms with Gasteiger partial charge in [0.25, 0.3) is 0 Å². The SMILES string of the molecule is CCOC(C)c1nc(CS(=O)Cc2ccc(CO)cc2)cs1. The summed E-state index contributed by atoms with van der Waals surface area (Å²) in [5.41, 5.74) is 2.73. The average molecular weight is 339 g/mol. The lowest BCUT2D eigenvalue weighted by atomic mass is 10.2. The Labute approximate surface area is 137 Å². The van der Waals surface area contributed by atoms with Gasteiger partial charge in [-0.1, -0.05) is 24.3 Å². The van der Waals surface area contributed by atoms with E-state index in [0.29, 0.717) is 18.1 Å². The zero-order valence-corrected chi connectivity index (χ0v) is 14.5. The first kappa shape index (κ1) is 17.3. The lowest BCUT2D eigenvalue weighted by Crippen LogP contribution is -2.02. The fourth-order valence-electron chi connectivity index (χ4n) is 2.04. The van der Waals surface area contributed by atoms with Gasteiger partial charge < -0.3 is 9.84 Å².